The average Bonchev–Trinajstić information content (AvgIpc) is 2.26. The lowest BCUT2D eigenvalue weighted by Crippen LogP contribution is -2.32. The Bertz CT molecular complexity index is 450. The molecule has 1 aromatic rings. The maximum atomic E-state index is 10.8. The van der Waals surface area contributed by atoms with Crippen molar-refractivity contribution in [1.82, 2.24) is 0 Å². The maximum absolute atomic E-state index is 10.8. The second-order valence-electron chi connectivity index (χ2n) is 3.34. The van der Waals surface area contributed by atoms with Gasteiger partial charge in [0.25, 0.3) is 0 Å². The summed E-state index contributed by atoms with van der Waals surface area (Å²) in [4.78, 5) is 10.2. The van der Waals surface area contributed by atoms with E-state index in [1.807, 2.05) is 0 Å². The van der Waals surface area contributed by atoms with Gasteiger partial charge in [-0.3, -0.25) is 15.5 Å². The van der Waals surface area contributed by atoms with Crippen molar-refractivity contribution >= 4 is 23.1 Å². The second kappa shape index (κ2) is 5.49. The maximum Gasteiger partial charge on any atom is 0.312 e. The van der Waals surface area contributed by atoms with E-state index in [1.54, 1.807) is 6.92 Å². The van der Waals surface area contributed by atoms with Crippen molar-refractivity contribution in [3.8, 4) is 5.75 Å². The summed E-state index contributed by atoms with van der Waals surface area (Å²) in [7, 11) is 0. The molecular weight excluding hydrogens is 246 g/mol. The van der Waals surface area contributed by atoms with E-state index in [-0.39, 0.29) is 22.3 Å². The van der Waals surface area contributed by atoms with Gasteiger partial charge in [-0.2, -0.15) is 0 Å². The van der Waals surface area contributed by atoms with Crippen molar-refractivity contribution in [3.63, 3.8) is 0 Å². The molecule has 0 radical (unpaired) electrons. The Morgan fingerprint density at radius 1 is 1.71 bits per heavy atom. The number of rotatable bonds is 5. The molecule has 1 rings (SSSR count). The standard InChI is InChI=1S/C10H12ClN3O3/c1-2-8(10(12)13)17-9-4-3-6(11)5-7(9)14(15)16/h3-5,8H,2H2,1H3,(H3,12,13). The zero-order valence-corrected chi connectivity index (χ0v) is 9.90. The van der Waals surface area contributed by atoms with Crippen LogP contribution in [0.2, 0.25) is 5.02 Å². The number of benzene rings is 1. The molecule has 1 atom stereocenters. The summed E-state index contributed by atoms with van der Waals surface area (Å²) in [5.74, 6) is -0.113. The first-order valence-corrected chi connectivity index (χ1v) is 5.28. The Balaban J connectivity index is 3.05. The summed E-state index contributed by atoms with van der Waals surface area (Å²) in [5.41, 5.74) is 5.07. The molecule has 17 heavy (non-hydrogen) atoms. The summed E-state index contributed by atoms with van der Waals surface area (Å²) in [6.07, 6.45) is -0.218. The minimum Gasteiger partial charge on any atom is -0.475 e. The fourth-order valence-corrected chi connectivity index (χ4v) is 1.42. The van der Waals surface area contributed by atoms with E-state index in [9.17, 15) is 10.1 Å². The number of nitro benzene ring substituents is 1. The summed E-state index contributed by atoms with van der Waals surface area (Å²) < 4.78 is 5.32. The van der Waals surface area contributed by atoms with Crippen LogP contribution in [0, 0.1) is 15.5 Å². The van der Waals surface area contributed by atoms with Crippen LogP contribution < -0.4 is 10.5 Å². The minimum absolute atomic E-state index is 0.0569. The van der Waals surface area contributed by atoms with Crippen molar-refractivity contribution < 1.29 is 9.66 Å². The van der Waals surface area contributed by atoms with E-state index in [0.29, 0.717) is 6.42 Å². The number of nitrogens with zero attached hydrogens (tertiary/aromatic N) is 1. The Morgan fingerprint density at radius 2 is 2.35 bits per heavy atom. The molecule has 92 valence electrons. The Kier molecular flexibility index (Phi) is 4.28. The smallest absolute Gasteiger partial charge is 0.312 e. The van der Waals surface area contributed by atoms with E-state index < -0.39 is 11.0 Å². The first-order chi connectivity index (χ1) is 7.95. The Morgan fingerprint density at radius 3 is 2.82 bits per heavy atom. The molecule has 0 saturated heterocycles. The molecule has 3 N–H and O–H groups in total. The number of halogens is 1. The largest absolute Gasteiger partial charge is 0.475 e. The number of hydrogen-bond donors (Lipinski definition) is 2. The Hall–Kier alpha value is -1.82. The fourth-order valence-electron chi connectivity index (χ4n) is 1.25. The molecule has 0 heterocycles. The number of nitrogens with two attached hydrogens (primary N) is 1. The van der Waals surface area contributed by atoms with Gasteiger partial charge in [-0.25, -0.2) is 0 Å². The van der Waals surface area contributed by atoms with Gasteiger partial charge >= 0.3 is 5.69 Å². The normalized spacial score (nSPS) is 11.9. The number of ether oxygens (including phenoxy) is 1. The predicted octanol–water partition coefficient (Wildman–Crippen LogP) is 2.34. The van der Waals surface area contributed by atoms with E-state index in [2.05, 4.69) is 0 Å². The molecule has 6 nitrogen and oxygen atoms in total. The molecule has 0 aliphatic rings. The molecule has 0 bridgehead atoms. The zero-order valence-electron chi connectivity index (χ0n) is 9.14. The molecule has 0 aliphatic carbocycles. The first-order valence-electron chi connectivity index (χ1n) is 4.90. The summed E-state index contributed by atoms with van der Waals surface area (Å²) in [5, 5.41) is 18.3. The number of nitro groups is 1. The van der Waals surface area contributed by atoms with Crippen LogP contribution in [0.3, 0.4) is 0 Å². The molecule has 0 spiro atoms. The van der Waals surface area contributed by atoms with Crippen LogP contribution >= 0.6 is 11.6 Å². The van der Waals surface area contributed by atoms with Crippen LogP contribution in [0.15, 0.2) is 18.2 Å². The van der Waals surface area contributed by atoms with Crippen LogP contribution in [0.4, 0.5) is 5.69 Å². The average molecular weight is 258 g/mol. The van der Waals surface area contributed by atoms with Gasteiger partial charge < -0.3 is 10.5 Å². The number of nitrogens with one attached hydrogen (secondary N) is 1. The van der Waals surface area contributed by atoms with Crippen LogP contribution in [0.25, 0.3) is 0 Å². The zero-order chi connectivity index (χ0) is 13.0. The first kappa shape index (κ1) is 13.2. The monoisotopic (exact) mass is 257 g/mol. The molecule has 0 aliphatic heterocycles. The van der Waals surface area contributed by atoms with Crippen LogP contribution in [0.5, 0.6) is 5.75 Å². The predicted molar refractivity (Wildman–Crippen MR) is 64.7 cm³/mol. The molecule has 1 unspecified atom stereocenters. The van der Waals surface area contributed by atoms with Gasteiger partial charge in [0.1, 0.15) is 5.84 Å². The van der Waals surface area contributed by atoms with E-state index >= 15 is 0 Å². The summed E-state index contributed by atoms with van der Waals surface area (Å²) in [6, 6.07) is 4.08. The molecule has 1 aromatic carbocycles. The molecule has 0 saturated carbocycles. The van der Waals surface area contributed by atoms with Gasteiger partial charge in [0, 0.05) is 11.1 Å². The third-order valence-corrected chi connectivity index (χ3v) is 2.34. The molecular formula is C10H12ClN3O3. The molecule has 7 heteroatoms. The second-order valence-corrected chi connectivity index (χ2v) is 3.78. The summed E-state index contributed by atoms with van der Waals surface area (Å²) in [6.45, 7) is 1.77. The fraction of sp³-hybridized carbons (Fsp3) is 0.300. The highest BCUT2D eigenvalue weighted by molar-refractivity contribution is 6.30. The quantitative estimate of drug-likeness (QED) is 0.366. The van der Waals surface area contributed by atoms with Crippen molar-refractivity contribution in [2.75, 3.05) is 0 Å². The minimum atomic E-state index is -0.671. The number of amidine groups is 1. The Labute approximate surface area is 103 Å². The SMILES string of the molecule is CCC(Oc1ccc(Cl)cc1[N+](=O)[O-])C(=N)N. The lowest BCUT2D eigenvalue weighted by atomic mass is 10.2. The van der Waals surface area contributed by atoms with Crippen molar-refractivity contribution in [3.05, 3.63) is 33.3 Å². The van der Waals surface area contributed by atoms with E-state index in [1.165, 1.54) is 18.2 Å². The lowest BCUT2D eigenvalue weighted by Gasteiger charge is -2.15. The van der Waals surface area contributed by atoms with E-state index in [4.69, 9.17) is 27.5 Å². The third-order valence-electron chi connectivity index (χ3n) is 2.10. The van der Waals surface area contributed by atoms with Crippen LogP contribution in [0.1, 0.15) is 13.3 Å². The van der Waals surface area contributed by atoms with Gasteiger partial charge in [-0.05, 0) is 18.6 Å². The molecule has 0 aromatic heterocycles. The highest BCUT2D eigenvalue weighted by Gasteiger charge is 2.20. The van der Waals surface area contributed by atoms with Gasteiger partial charge in [-0.15, -0.1) is 0 Å². The van der Waals surface area contributed by atoms with Crippen LogP contribution in [-0.2, 0) is 0 Å². The topological polar surface area (TPSA) is 102 Å². The van der Waals surface area contributed by atoms with E-state index in [0.717, 1.165) is 0 Å². The van der Waals surface area contributed by atoms with Crippen molar-refractivity contribution in [2.24, 2.45) is 5.73 Å². The molecule has 0 fully saturated rings. The van der Waals surface area contributed by atoms with Gasteiger partial charge in [-0.1, -0.05) is 18.5 Å². The van der Waals surface area contributed by atoms with Gasteiger partial charge in [0.15, 0.2) is 11.9 Å². The number of hydrogen-bond acceptors (Lipinski definition) is 4. The van der Waals surface area contributed by atoms with Gasteiger partial charge in [0.2, 0.25) is 0 Å². The highest BCUT2D eigenvalue weighted by Crippen LogP contribution is 2.30. The van der Waals surface area contributed by atoms with Crippen LogP contribution in [-0.4, -0.2) is 16.9 Å². The summed E-state index contributed by atoms with van der Waals surface area (Å²) >= 11 is 5.67. The van der Waals surface area contributed by atoms with Gasteiger partial charge in [0.05, 0.1) is 4.92 Å². The van der Waals surface area contributed by atoms with Crippen molar-refractivity contribution in [1.29, 1.82) is 5.41 Å². The third kappa shape index (κ3) is 3.32. The molecule has 0 amide bonds. The highest BCUT2D eigenvalue weighted by atomic mass is 35.5. The van der Waals surface area contributed by atoms with Crippen molar-refractivity contribution in [2.45, 2.75) is 19.4 Å². The lowest BCUT2D eigenvalue weighted by molar-refractivity contribution is -0.386.